The molecule has 10 nitrogen and oxygen atoms in total. The Morgan fingerprint density at radius 1 is 0.575 bits per heavy atom. The van der Waals surface area contributed by atoms with E-state index in [-0.39, 0.29) is 43.5 Å². The highest BCUT2D eigenvalue weighted by molar-refractivity contribution is 7.91. The van der Waals surface area contributed by atoms with Gasteiger partial charge in [-0.1, -0.05) is 0 Å². The Labute approximate surface area is 227 Å². The van der Waals surface area contributed by atoms with Gasteiger partial charge in [0, 0.05) is 0 Å². The summed E-state index contributed by atoms with van der Waals surface area (Å²) in [7, 11) is -2.77. The largest absolute Gasteiger partial charge is 0.508 e. The van der Waals surface area contributed by atoms with Crippen LogP contribution in [0.5, 0.6) is 11.5 Å². The molecule has 0 atom stereocenters. The number of carbonyl (C=O) groups excluding carboxylic acids is 4. The number of phenolic OH excluding ortho intramolecular Hbond substituents is 1. The first-order valence-corrected chi connectivity index (χ1v) is 13.3. The molecule has 0 aromatic heterocycles. The first-order valence-electron chi connectivity index (χ1n) is 11.9. The van der Waals surface area contributed by atoms with Crippen molar-refractivity contribution in [1.29, 1.82) is 0 Å². The average molecular weight is 555 g/mol. The molecule has 0 bridgehead atoms. The zero-order valence-electron chi connectivity index (χ0n) is 20.7. The smallest absolute Gasteiger partial charge is 0.266 e. The maximum atomic E-state index is 13.6. The summed E-state index contributed by atoms with van der Waals surface area (Å²) in [6.45, 7) is 0. The van der Waals surface area contributed by atoms with Crippen LogP contribution < -0.4 is 14.5 Å². The fraction of sp³-hybridized carbons (Fsp3) is 0.0345. The molecule has 0 saturated heterocycles. The molecule has 4 aromatic rings. The van der Waals surface area contributed by atoms with Crippen LogP contribution in [0.3, 0.4) is 0 Å². The topological polar surface area (TPSA) is 138 Å². The number of fused-ring (bicyclic) bond motifs is 2. The lowest BCUT2D eigenvalue weighted by atomic mass is 10.1. The molecule has 40 heavy (non-hydrogen) atoms. The predicted octanol–water partition coefficient (Wildman–Crippen LogP) is 3.83. The third kappa shape index (κ3) is 3.67. The van der Waals surface area contributed by atoms with Crippen molar-refractivity contribution in [1.82, 2.24) is 0 Å². The van der Waals surface area contributed by atoms with E-state index in [1.165, 1.54) is 55.6 Å². The van der Waals surface area contributed by atoms with Gasteiger partial charge in [-0.05, 0) is 84.9 Å². The van der Waals surface area contributed by atoms with E-state index in [1.54, 1.807) is 24.3 Å². The van der Waals surface area contributed by atoms with E-state index < -0.39 is 33.5 Å². The van der Waals surface area contributed by atoms with E-state index in [4.69, 9.17) is 4.74 Å². The molecule has 0 fully saturated rings. The Morgan fingerprint density at radius 3 is 1.40 bits per heavy atom. The summed E-state index contributed by atoms with van der Waals surface area (Å²) < 4.78 is 32.2. The van der Waals surface area contributed by atoms with Gasteiger partial charge in [0.25, 0.3) is 23.6 Å². The minimum absolute atomic E-state index is 0.0295. The average Bonchev–Trinajstić information content (AvgIpc) is 3.37. The number of hydrogen-bond donors (Lipinski definition) is 1. The van der Waals surface area contributed by atoms with Gasteiger partial charge < -0.3 is 9.84 Å². The van der Waals surface area contributed by atoms with Crippen molar-refractivity contribution in [3.05, 3.63) is 107 Å². The van der Waals surface area contributed by atoms with E-state index in [0.29, 0.717) is 11.4 Å². The standard InChI is InChI=1S/C29H18N2O8S/c1-39-19-8-4-17(5-9-19)31-27(34)23-13-11-21(15-25(23)29(31)36)40(37,38)20-10-12-22-24(14-20)28(35)30(26(22)33)16-2-6-18(32)7-3-16/h2-15,32H,1H3. The van der Waals surface area contributed by atoms with E-state index in [0.717, 1.165) is 21.9 Å². The van der Waals surface area contributed by atoms with Gasteiger partial charge in [0.2, 0.25) is 9.84 Å². The second-order valence-electron chi connectivity index (χ2n) is 9.02. The van der Waals surface area contributed by atoms with Crippen molar-refractivity contribution < 1.29 is 37.4 Å². The normalized spacial score (nSPS) is 14.5. The number of phenols is 1. The molecule has 4 aromatic carbocycles. The molecule has 2 heterocycles. The zero-order chi connectivity index (χ0) is 28.3. The molecule has 2 aliphatic rings. The SMILES string of the molecule is COc1ccc(N2C(=O)c3ccc(S(=O)(=O)c4ccc5c(c4)C(=O)N(c4ccc(O)cc4)C5=O)cc3C2=O)cc1. The van der Waals surface area contributed by atoms with Crippen molar-refractivity contribution in [2.24, 2.45) is 0 Å². The van der Waals surface area contributed by atoms with Gasteiger partial charge in [-0.2, -0.15) is 0 Å². The number of ether oxygens (including phenoxy) is 1. The van der Waals surface area contributed by atoms with E-state index >= 15 is 0 Å². The molecule has 198 valence electrons. The summed E-state index contributed by atoms with van der Waals surface area (Å²) in [5.74, 6) is -2.13. The Hall–Kier alpha value is -5.29. The van der Waals surface area contributed by atoms with E-state index in [2.05, 4.69) is 0 Å². The third-order valence-corrected chi connectivity index (χ3v) is 8.52. The van der Waals surface area contributed by atoms with Crippen LogP contribution in [0.2, 0.25) is 0 Å². The van der Waals surface area contributed by atoms with Crippen molar-refractivity contribution >= 4 is 44.8 Å². The maximum Gasteiger partial charge on any atom is 0.266 e. The van der Waals surface area contributed by atoms with Crippen molar-refractivity contribution in [2.45, 2.75) is 9.79 Å². The highest BCUT2D eigenvalue weighted by atomic mass is 32.2. The second-order valence-corrected chi connectivity index (χ2v) is 11.0. The van der Waals surface area contributed by atoms with Gasteiger partial charge in [0.1, 0.15) is 11.5 Å². The van der Waals surface area contributed by atoms with Crippen LogP contribution in [0.4, 0.5) is 11.4 Å². The molecule has 2 aliphatic heterocycles. The van der Waals surface area contributed by atoms with E-state index in [9.17, 15) is 32.7 Å². The minimum Gasteiger partial charge on any atom is -0.508 e. The van der Waals surface area contributed by atoms with Crippen molar-refractivity contribution in [3.8, 4) is 11.5 Å². The summed E-state index contributed by atoms with van der Waals surface area (Å²) >= 11 is 0. The van der Waals surface area contributed by atoms with Gasteiger partial charge >= 0.3 is 0 Å². The van der Waals surface area contributed by atoms with Crippen LogP contribution in [0.1, 0.15) is 41.4 Å². The van der Waals surface area contributed by atoms with Crippen molar-refractivity contribution in [2.75, 3.05) is 16.9 Å². The van der Waals surface area contributed by atoms with Gasteiger partial charge in [0.05, 0.1) is 50.5 Å². The van der Waals surface area contributed by atoms with Gasteiger partial charge in [-0.15, -0.1) is 0 Å². The molecule has 11 heteroatoms. The maximum absolute atomic E-state index is 13.6. The van der Waals surface area contributed by atoms with Crippen LogP contribution >= 0.6 is 0 Å². The number of amides is 4. The van der Waals surface area contributed by atoms with Crippen LogP contribution in [0, 0.1) is 0 Å². The summed E-state index contributed by atoms with van der Waals surface area (Å²) in [5.41, 5.74) is 0.430. The molecule has 0 aliphatic carbocycles. The van der Waals surface area contributed by atoms with Crippen molar-refractivity contribution in [3.63, 3.8) is 0 Å². The Kier molecular flexibility index (Phi) is 5.56. The fourth-order valence-electron chi connectivity index (χ4n) is 4.71. The summed E-state index contributed by atoms with van der Waals surface area (Å²) in [5, 5.41) is 9.52. The highest BCUT2D eigenvalue weighted by Crippen LogP contribution is 2.35. The Balaban J connectivity index is 1.34. The van der Waals surface area contributed by atoms with E-state index in [1.807, 2.05) is 0 Å². The molecule has 1 N–H and O–H groups in total. The molecule has 0 unspecified atom stereocenters. The predicted molar refractivity (Wildman–Crippen MR) is 142 cm³/mol. The lowest BCUT2D eigenvalue weighted by Gasteiger charge is -2.14. The quantitative estimate of drug-likeness (QED) is 0.367. The number of imide groups is 2. The lowest BCUT2D eigenvalue weighted by Crippen LogP contribution is -2.29. The minimum atomic E-state index is -4.26. The first-order chi connectivity index (χ1) is 19.1. The number of hydrogen-bond acceptors (Lipinski definition) is 8. The molecule has 0 saturated carbocycles. The number of nitrogens with zero attached hydrogens (tertiary/aromatic N) is 2. The van der Waals surface area contributed by atoms with Crippen LogP contribution in [0.25, 0.3) is 0 Å². The molecule has 4 amide bonds. The number of benzene rings is 4. The molecule has 6 rings (SSSR count). The number of sulfone groups is 1. The van der Waals surface area contributed by atoms with Crippen LogP contribution in [-0.4, -0.2) is 44.3 Å². The fourth-order valence-corrected chi connectivity index (χ4v) is 6.02. The van der Waals surface area contributed by atoms with Crippen LogP contribution in [0.15, 0.2) is 94.7 Å². The van der Waals surface area contributed by atoms with Gasteiger partial charge in [-0.3, -0.25) is 19.2 Å². The second kappa shape index (κ2) is 8.89. The molecular formula is C29H18N2O8S. The summed E-state index contributed by atoms with van der Waals surface area (Å²) in [6, 6.07) is 18.9. The third-order valence-electron chi connectivity index (χ3n) is 6.78. The molecular weight excluding hydrogens is 536 g/mol. The molecule has 0 radical (unpaired) electrons. The Bertz CT molecular complexity index is 1880. The molecule has 0 spiro atoms. The summed E-state index contributed by atoms with van der Waals surface area (Å²) in [6.07, 6.45) is 0. The zero-order valence-corrected chi connectivity index (χ0v) is 21.5. The number of methoxy groups -OCH3 is 1. The lowest BCUT2D eigenvalue weighted by molar-refractivity contribution is 0.0910. The first kappa shape index (κ1) is 25.0. The van der Waals surface area contributed by atoms with Gasteiger partial charge in [-0.25, -0.2) is 18.2 Å². The number of aromatic hydroxyl groups is 1. The highest BCUT2D eigenvalue weighted by Gasteiger charge is 2.40. The Morgan fingerprint density at radius 2 is 0.975 bits per heavy atom. The monoisotopic (exact) mass is 554 g/mol. The summed E-state index contributed by atoms with van der Waals surface area (Å²) in [4.78, 5) is 53.5. The number of anilines is 2. The number of carbonyl (C=O) groups is 4. The van der Waals surface area contributed by atoms with Gasteiger partial charge in [0.15, 0.2) is 0 Å². The number of rotatable bonds is 5. The van der Waals surface area contributed by atoms with Crippen LogP contribution in [-0.2, 0) is 9.84 Å².